The second-order valence-electron chi connectivity index (χ2n) is 7.38. The van der Waals surface area contributed by atoms with Crippen LogP contribution < -0.4 is 19.1 Å². The molecule has 0 aromatic heterocycles. The molecule has 2 aromatic carbocycles. The fraction of sp³-hybridized carbons (Fsp3) is 0.455. The molecule has 2 aliphatic rings. The van der Waals surface area contributed by atoms with E-state index in [0.717, 1.165) is 62.8 Å². The Morgan fingerprint density at radius 1 is 0.967 bits per heavy atom. The summed E-state index contributed by atoms with van der Waals surface area (Å²) in [6.45, 7) is 6.89. The van der Waals surface area contributed by atoms with Gasteiger partial charge in [0.15, 0.2) is 11.5 Å². The second kappa shape index (κ2) is 10.2. The molecule has 1 saturated heterocycles. The zero-order valence-corrected chi connectivity index (χ0v) is 19.9. The van der Waals surface area contributed by atoms with Crippen molar-refractivity contribution in [2.24, 2.45) is 0 Å². The maximum absolute atomic E-state index is 13.3. The summed E-state index contributed by atoms with van der Waals surface area (Å²) in [5.41, 5.74) is 1.13. The minimum absolute atomic E-state index is 0.296. The van der Waals surface area contributed by atoms with E-state index in [9.17, 15) is 4.39 Å². The van der Waals surface area contributed by atoms with Gasteiger partial charge in [-0.05, 0) is 75.5 Å². The first-order valence-corrected chi connectivity index (χ1v) is 11.8. The Labute approximate surface area is 193 Å². The molecule has 0 N–H and O–H groups in total. The molecule has 162 valence electrons. The zero-order valence-electron chi connectivity index (χ0n) is 16.7. The van der Waals surface area contributed by atoms with Gasteiger partial charge in [0, 0.05) is 26.2 Å². The van der Waals surface area contributed by atoms with Gasteiger partial charge in [-0.2, -0.15) is 0 Å². The third-order valence-electron chi connectivity index (χ3n) is 5.34. The van der Waals surface area contributed by atoms with Crippen molar-refractivity contribution in [1.29, 1.82) is 0 Å². The van der Waals surface area contributed by atoms with E-state index in [2.05, 4.69) is 47.7 Å². The van der Waals surface area contributed by atoms with Gasteiger partial charge in [0.25, 0.3) is 0 Å². The van der Waals surface area contributed by atoms with Crippen LogP contribution in [0.4, 0.5) is 10.1 Å². The van der Waals surface area contributed by atoms with Gasteiger partial charge in [-0.25, -0.2) is 4.39 Å². The Balaban J connectivity index is 1.19. The average Bonchev–Trinajstić information content (AvgIpc) is 2.75. The van der Waals surface area contributed by atoms with E-state index >= 15 is 0 Å². The van der Waals surface area contributed by atoms with Crippen molar-refractivity contribution in [2.75, 3.05) is 57.4 Å². The van der Waals surface area contributed by atoms with Crippen LogP contribution in [0.1, 0.15) is 12.8 Å². The fourth-order valence-electron chi connectivity index (χ4n) is 3.80. The number of unbranched alkanes of at least 4 members (excludes halogenated alkanes) is 1. The Morgan fingerprint density at radius 2 is 1.70 bits per heavy atom. The third kappa shape index (κ3) is 5.21. The van der Waals surface area contributed by atoms with Crippen molar-refractivity contribution in [3.8, 4) is 17.2 Å². The van der Waals surface area contributed by atoms with E-state index in [1.54, 1.807) is 0 Å². The Bertz CT molecular complexity index is 852. The lowest BCUT2D eigenvalue weighted by Gasteiger charge is -2.37. The predicted molar refractivity (Wildman–Crippen MR) is 123 cm³/mol. The summed E-state index contributed by atoms with van der Waals surface area (Å²) >= 11 is 6.71. The number of para-hydroxylation sites is 1. The Morgan fingerprint density at radius 3 is 2.47 bits per heavy atom. The van der Waals surface area contributed by atoms with Gasteiger partial charge in [-0.3, -0.25) is 4.90 Å². The molecule has 30 heavy (non-hydrogen) atoms. The van der Waals surface area contributed by atoms with Crippen molar-refractivity contribution >= 4 is 37.5 Å². The summed E-state index contributed by atoms with van der Waals surface area (Å²) in [4.78, 5) is 4.88. The number of hydrogen-bond acceptors (Lipinski definition) is 5. The van der Waals surface area contributed by atoms with Gasteiger partial charge in [0.2, 0.25) is 0 Å². The number of fused-ring (bicyclic) bond motifs is 1. The summed E-state index contributed by atoms with van der Waals surface area (Å²) in [5.74, 6) is 2.09. The first-order chi connectivity index (χ1) is 14.6. The number of benzene rings is 2. The van der Waals surface area contributed by atoms with Crippen LogP contribution in [0.15, 0.2) is 39.3 Å². The molecule has 0 amide bonds. The average molecular weight is 544 g/mol. The molecular formula is C22H25Br2FN2O3. The molecule has 5 nitrogen and oxygen atoms in total. The number of ether oxygens (including phenoxy) is 3. The standard InChI is InChI=1S/C22H25Br2FN2O3/c23-17-14-16(25)15-18(24)21(17)29-11-2-1-6-26-7-9-27(10-8-26)19-4-3-5-20-22(19)30-13-12-28-20/h3-5,14-15H,1-2,6-13H2. The summed E-state index contributed by atoms with van der Waals surface area (Å²) in [5, 5.41) is 0. The maximum atomic E-state index is 13.3. The number of piperazine rings is 1. The van der Waals surface area contributed by atoms with Crippen molar-refractivity contribution in [1.82, 2.24) is 4.90 Å². The van der Waals surface area contributed by atoms with Crippen LogP contribution in [0, 0.1) is 5.82 Å². The molecule has 0 spiro atoms. The van der Waals surface area contributed by atoms with Crippen molar-refractivity contribution in [3.63, 3.8) is 0 Å². The Hall–Kier alpha value is -1.51. The normalized spacial score (nSPS) is 16.6. The molecule has 0 radical (unpaired) electrons. The fourth-order valence-corrected chi connectivity index (χ4v) is 5.16. The van der Waals surface area contributed by atoms with Crippen LogP contribution in [0.2, 0.25) is 0 Å². The molecule has 2 aliphatic heterocycles. The van der Waals surface area contributed by atoms with Gasteiger partial charge < -0.3 is 19.1 Å². The van der Waals surface area contributed by atoms with Crippen LogP contribution >= 0.6 is 31.9 Å². The van der Waals surface area contributed by atoms with Gasteiger partial charge in [-0.15, -0.1) is 0 Å². The van der Waals surface area contributed by atoms with Gasteiger partial charge >= 0.3 is 0 Å². The molecule has 2 aromatic rings. The zero-order chi connectivity index (χ0) is 20.9. The molecule has 0 atom stereocenters. The van der Waals surface area contributed by atoms with Crippen LogP contribution in [0.3, 0.4) is 0 Å². The number of halogens is 3. The van der Waals surface area contributed by atoms with Gasteiger partial charge in [0.05, 0.1) is 21.2 Å². The van der Waals surface area contributed by atoms with E-state index in [0.29, 0.717) is 34.5 Å². The van der Waals surface area contributed by atoms with E-state index in [1.807, 2.05) is 12.1 Å². The monoisotopic (exact) mass is 542 g/mol. The largest absolute Gasteiger partial charge is 0.491 e. The molecular weight excluding hydrogens is 519 g/mol. The molecule has 0 saturated carbocycles. The number of rotatable bonds is 7. The van der Waals surface area contributed by atoms with Crippen molar-refractivity contribution in [3.05, 3.63) is 45.1 Å². The molecule has 0 unspecified atom stereocenters. The first kappa shape index (κ1) is 21.7. The molecule has 8 heteroatoms. The molecule has 1 fully saturated rings. The van der Waals surface area contributed by atoms with Crippen LogP contribution in [0.25, 0.3) is 0 Å². The van der Waals surface area contributed by atoms with E-state index < -0.39 is 0 Å². The molecule has 2 heterocycles. The lowest BCUT2D eigenvalue weighted by atomic mass is 10.2. The lowest BCUT2D eigenvalue weighted by Crippen LogP contribution is -2.46. The first-order valence-electron chi connectivity index (χ1n) is 10.2. The molecule has 0 aliphatic carbocycles. The van der Waals surface area contributed by atoms with Crippen LogP contribution in [0.5, 0.6) is 17.2 Å². The van der Waals surface area contributed by atoms with Crippen LogP contribution in [-0.2, 0) is 0 Å². The highest BCUT2D eigenvalue weighted by molar-refractivity contribution is 9.11. The molecule has 4 rings (SSSR count). The highest BCUT2D eigenvalue weighted by Gasteiger charge is 2.23. The van der Waals surface area contributed by atoms with Gasteiger partial charge in [0.1, 0.15) is 24.8 Å². The summed E-state index contributed by atoms with van der Waals surface area (Å²) in [7, 11) is 0. The predicted octanol–water partition coefficient (Wildman–Crippen LogP) is 5.10. The minimum Gasteiger partial charge on any atom is -0.491 e. The quantitative estimate of drug-likeness (QED) is 0.454. The number of anilines is 1. The lowest BCUT2D eigenvalue weighted by molar-refractivity contribution is 0.171. The highest BCUT2D eigenvalue weighted by atomic mass is 79.9. The van der Waals surface area contributed by atoms with E-state index in [1.165, 1.54) is 12.1 Å². The summed E-state index contributed by atoms with van der Waals surface area (Å²) in [6, 6.07) is 8.96. The summed E-state index contributed by atoms with van der Waals surface area (Å²) in [6.07, 6.45) is 2.02. The highest BCUT2D eigenvalue weighted by Crippen LogP contribution is 2.39. The number of hydrogen-bond donors (Lipinski definition) is 0. The topological polar surface area (TPSA) is 34.2 Å². The number of nitrogens with zero attached hydrogens (tertiary/aromatic N) is 2. The van der Waals surface area contributed by atoms with E-state index in [4.69, 9.17) is 14.2 Å². The van der Waals surface area contributed by atoms with E-state index in [-0.39, 0.29) is 5.82 Å². The van der Waals surface area contributed by atoms with Crippen LogP contribution in [-0.4, -0.2) is 57.4 Å². The van der Waals surface area contributed by atoms with Gasteiger partial charge in [-0.1, -0.05) is 6.07 Å². The Kier molecular flexibility index (Phi) is 7.38. The SMILES string of the molecule is Fc1cc(Br)c(OCCCCN2CCN(c3cccc4c3OCCO4)CC2)c(Br)c1. The van der Waals surface area contributed by atoms with Crippen molar-refractivity contribution < 1.29 is 18.6 Å². The third-order valence-corrected chi connectivity index (χ3v) is 6.51. The smallest absolute Gasteiger partial charge is 0.184 e. The maximum Gasteiger partial charge on any atom is 0.184 e. The van der Waals surface area contributed by atoms with Crippen molar-refractivity contribution in [2.45, 2.75) is 12.8 Å². The minimum atomic E-state index is -0.296. The second-order valence-corrected chi connectivity index (χ2v) is 9.09. The molecule has 0 bridgehead atoms. The summed E-state index contributed by atoms with van der Waals surface area (Å²) < 4.78 is 32.0.